The number of likely N-dealkylation sites (tertiary alicyclic amines) is 1. The van der Waals surface area contributed by atoms with Gasteiger partial charge < -0.3 is 9.80 Å². The topological polar surface area (TPSA) is 23.6 Å². The molecule has 0 radical (unpaired) electrons. The van der Waals surface area contributed by atoms with Gasteiger partial charge in [0.2, 0.25) is 5.91 Å². The summed E-state index contributed by atoms with van der Waals surface area (Å²) in [5.74, 6) is 0.160. The molecule has 3 nitrogen and oxygen atoms in total. The summed E-state index contributed by atoms with van der Waals surface area (Å²) in [6.07, 6.45) is 5.90. The Labute approximate surface area is 187 Å². The van der Waals surface area contributed by atoms with Crippen LogP contribution < -0.4 is 0 Å². The number of rotatable bonds is 5. The van der Waals surface area contributed by atoms with Crippen LogP contribution in [-0.2, 0) is 17.6 Å². The van der Waals surface area contributed by atoms with Crippen molar-refractivity contribution in [2.45, 2.75) is 36.6 Å². The van der Waals surface area contributed by atoms with Crippen LogP contribution in [-0.4, -0.2) is 48.1 Å². The molecule has 2 aromatic carbocycles. The minimum absolute atomic E-state index is 0.110. The van der Waals surface area contributed by atoms with Gasteiger partial charge in [0.1, 0.15) is 0 Å². The number of hydrogen-bond acceptors (Lipinski definition) is 3. The molecule has 1 fully saturated rings. The number of benzene rings is 2. The quantitative estimate of drug-likeness (QED) is 0.565. The highest BCUT2D eigenvalue weighted by Gasteiger charge is 2.33. The molecule has 0 saturated carbocycles. The molecule has 1 atom stereocenters. The number of thioether (sulfide) groups is 1. The average Bonchev–Trinajstić information content (AvgIpc) is 3.23. The first kappa shape index (κ1) is 21.0. The zero-order chi connectivity index (χ0) is 20.4. The van der Waals surface area contributed by atoms with Crippen LogP contribution >= 0.6 is 35.0 Å². The van der Waals surface area contributed by atoms with Crippen LogP contribution in [0.25, 0.3) is 0 Å². The molecule has 2 aliphatic rings. The maximum Gasteiger partial charge on any atom is 0.227 e. The molecule has 1 amide bonds. The van der Waals surface area contributed by atoms with Crippen molar-refractivity contribution in [3.05, 3.63) is 63.1 Å². The molecule has 1 saturated heterocycles. The van der Waals surface area contributed by atoms with E-state index in [4.69, 9.17) is 23.2 Å². The van der Waals surface area contributed by atoms with Gasteiger partial charge in [-0.2, -0.15) is 0 Å². The summed E-state index contributed by atoms with van der Waals surface area (Å²) in [5, 5.41) is 1.02. The molecule has 0 spiro atoms. The van der Waals surface area contributed by atoms with Crippen LogP contribution in [0.15, 0.2) is 41.3 Å². The zero-order valence-electron chi connectivity index (χ0n) is 16.7. The van der Waals surface area contributed by atoms with E-state index in [1.807, 2.05) is 6.07 Å². The smallest absolute Gasteiger partial charge is 0.227 e. The number of halogens is 2. The molecule has 0 aromatic heterocycles. The van der Waals surface area contributed by atoms with E-state index in [9.17, 15) is 4.79 Å². The summed E-state index contributed by atoms with van der Waals surface area (Å²) < 4.78 is 0. The fourth-order valence-electron chi connectivity index (χ4n) is 4.54. The van der Waals surface area contributed by atoms with Crippen molar-refractivity contribution >= 4 is 40.9 Å². The van der Waals surface area contributed by atoms with Gasteiger partial charge in [-0.25, -0.2) is 0 Å². The fourth-order valence-corrected chi connectivity index (χ4v) is 5.54. The molecular formula is C23H26Cl2N2OS. The lowest BCUT2D eigenvalue weighted by Gasteiger charge is -2.40. The van der Waals surface area contributed by atoms with Gasteiger partial charge in [0.25, 0.3) is 0 Å². The predicted molar refractivity (Wildman–Crippen MR) is 122 cm³/mol. The summed E-state index contributed by atoms with van der Waals surface area (Å²) in [4.78, 5) is 19.3. The first-order valence-electron chi connectivity index (χ1n) is 10.2. The Hall–Kier alpha value is -1.20. The molecule has 0 unspecified atom stereocenters. The third-order valence-corrected chi connectivity index (χ3v) is 7.58. The van der Waals surface area contributed by atoms with Gasteiger partial charge in [-0.1, -0.05) is 41.4 Å². The molecular weight excluding hydrogens is 423 g/mol. The Morgan fingerprint density at radius 3 is 2.62 bits per heavy atom. The Bertz CT molecular complexity index is 898. The first-order valence-corrected chi connectivity index (χ1v) is 12.2. The lowest BCUT2D eigenvalue weighted by Crippen LogP contribution is -2.45. The van der Waals surface area contributed by atoms with E-state index in [2.05, 4.69) is 34.3 Å². The third-order valence-electron chi connectivity index (χ3n) is 6.02. The fraction of sp³-hybridized carbons (Fsp3) is 0.435. The number of nitrogens with zero attached hydrogens (tertiary/aromatic N) is 2. The van der Waals surface area contributed by atoms with E-state index in [1.54, 1.807) is 23.9 Å². The van der Waals surface area contributed by atoms with Gasteiger partial charge >= 0.3 is 0 Å². The Morgan fingerprint density at radius 1 is 1.10 bits per heavy atom. The molecule has 29 heavy (non-hydrogen) atoms. The van der Waals surface area contributed by atoms with Crippen LogP contribution in [0.2, 0.25) is 10.0 Å². The normalized spacial score (nSPS) is 19.4. The van der Waals surface area contributed by atoms with Crippen molar-refractivity contribution in [2.75, 3.05) is 32.4 Å². The molecule has 4 rings (SSSR count). The average molecular weight is 449 g/mol. The Morgan fingerprint density at radius 2 is 1.90 bits per heavy atom. The van der Waals surface area contributed by atoms with Crippen LogP contribution in [0.3, 0.4) is 0 Å². The summed E-state index contributed by atoms with van der Waals surface area (Å²) in [7, 11) is 0. The van der Waals surface area contributed by atoms with Crippen LogP contribution in [0.4, 0.5) is 0 Å². The van der Waals surface area contributed by atoms with E-state index < -0.39 is 0 Å². The van der Waals surface area contributed by atoms with Crippen molar-refractivity contribution in [3.63, 3.8) is 0 Å². The predicted octanol–water partition coefficient (Wildman–Crippen LogP) is 5.48. The van der Waals surface area contributed by atoms with Crippen LogP contribution in [0, 0.1) is 0 Å². The Balaban J connectivity index is 1.61. The monoisotopic (exact) mass is 448 g/mol. The summed E-state index contributed by atoms with van der Waals surface area (Å²) in [6, 6.07) is 12.1. The number of carbonyl (C=O) groups excluding carboxylic acids is 1. The van der Waals surface area contributed by atoms with E-state index in [0.29, 0.717) is 16.5 Å². The van der Waals surface area contributed by atoms with Crippen molar-refractivity contribution in [1.29, 1.82) is 0 Å². The maximum absolute atomic E-state index is 13.3. The molecule has 2 aliphatic heterocycles. The highest BCUT2D eigenvalue weighted by Crippen LogP contribution is 2.36. The molecule has 154 valence electrons. The number of carbonyl (C=O) groups is 1. The molecule has 0 bridgehead atoms. The van der Waals surface area contributed by atoms with Crippen LogP contribution in [0.1, 0.15) is 35.6 Å². The van der Waals surface area contributed by atoms with Crippen LogP contribution in [0.5, 0.6) is 0 Å². The van der Waals surface area contributed by atoms with E-state index in [-0.39, 0.29) is 11.9 Å². The first-order chi connectivity index (χ1) is 14.1. The summed E-state index contributed by atoms with van der Waals surface area (Å²) in [6.45, 7) is 3.94. The second-order valence-corrected chi connectivity index (χ2v) is 9.48. The largest absolute Gasteiger partial charge is 0.334 e. The zero-order valence-corrected chi connectivity index (χ0v) is 19.0. The highest BCUT2D eigenvalue weighted by molar-refractivity contribution is 7.98. The van der Waals surface area contributed by atoms with Gasteiger partial charge in [0.05, 0.1) is 22.5 Å². The van der Waals surface area contributed by atoms with Gasteiger partial charge in [-0.05, 0) is 73.5 Å². The lowest BCUT2D eigenvalue weighted by atomic mass is 9.91. The standard InChI is InChI=1S/C23H26Cl2N2OS/c1-29-22-6-4-5-17-18(22)9-12-27(21(17)15-26-10-2-3-11-26)23(28)14-16-7-8-19(24)20(25)13-16/h4-8,13,21H,2-3,9-12,14-15H2,1H3/t21-/m0/s1. The summed E-state index contributed by atoms with van der Waals surface area (Å²) in [5.41, 5.74) is 3.65. The second-order valence-electron chi connectivity index (χ2n) is 7.81. The minimum atomic E-state index is 0.110. The molecule has 6 heteroatoms. The van der Waals surface area contributed by atoms with E-state index in [1.165, 1.54) is 28.9 Å². The van der Waals surface area contributed by atoms with Crippen molar-refractivity contribution < 1.29 is 4.79 Å². The van der Waals surface area contributed by atoms with Gasteiger partial charge in [-0.15, -0.1) is 11.8 Å². The number of amides is 1. The SMILES string of the molecule is CSc1cccc2c1CCN(C(=O)Cc1ccc(Cl)c(Cl)c1)[C@H]2CN1CCCC1. The third kappa shape index (κ3) is 4.61. The number of hydrogen-bond donors (Lipinski definition) is 0. The molecule has 2 heterocycles. The number of fused-ring (bicyclic) bond motifs is 1. The molecule has 2 aromatic rings. The van der Waals surface area contributed by atoms with Crippen molar-refractivity contribution in [1.82, 2.24) is 9.80 Å². The van der Waals surface area contributed by atoms with E-state index >= 15 is 0 Å². The van der Waals surface area contributed by atoms with Crippen molar-refractivity contribution in [3.8, 4) is 0 Å². The van der Waals surface area contributed by atoms with Gasteiger partial charge in [-0.3, -0.25) is 4.79 Å². The van der Waals surface area contributed by atoms with Gasteiger partial charge in [0.15, 0.2) is 0 Å². The lowest BCUT2D eigenvalue weighted by molar-refractivity contribution is -0.133. The second kappa shape index (κ2) is 9.30. The van der Waals surface area contributed by atoms with E-state index in [0.717, 1.165) is 38.2 Å². The highest BCUT2D eigenvalue weighted by atomic mass is 35.5. The minimum Gasteiger partial charge on any atom is -0.334 e. The maximum atomic E-state index is 13.3. The molecule has 0 aliphatic carbocycles. The Kier molecular flexibility index (Phi) is 6.75. The molecule has 0 N–H and O–H groups in total. The van der Waals surface area contributed by atoms with Gasteiger partial charge in [0, 0.05) is 18.0 Å². The summed E-state index contributed by atoms with van der Waals surface area (Å²) >= 11 is 14.0. The van der Waals surface area contributed by atoms with Crippen molar-refractivity contribution in [2.24, 2.45) is 0 Å².